The molecule has 1 amide bonds. The highest BCUT2D eigenvalue weighted by atomic mass is 19.4. The zero-order valence-corrected chi connectivity index (χ0v) is 18.0. The summed E-state index contributed by atoms with van der Waals surface area (Å²) in [7, 11) is 2.89. The van der Waals surface area contributed by atoms with E-state index in [4.69, 9.17) is 9.47 Å². The van der Waals surface area contributed by atoms with Crippen LogP contribution in [0.25, 0.3) is 32.7 Å². The van der Waals surface area contributed by atoms with Crippen LogP contribution in [0, 0.1) is 0 Å². The van der Waals surface area contributed by atoms with Crippen LogP contribution >= 0.6 is 0 Å². The molecular weight excluding hydrogens is 441 g/mol. The maximum atomic E-state index is 13.7. The molecule has 3 aromatic heterocycles. The molecule has 0 aliphatic rings. The fraction of sp³-hybridized carbons (Fsp3) is 0.318. The molecule has 0 aliphatic heterocycles. The summed E-state index contributed by atoms with van der Waals surface area (Å²) in [5.74, 6) is -0.204. The zero-order valence-electron chi connectivity index (χ0n) is 18.0. The highest BCUT2D eigenvalue weighted by Gasteiger charge is 2.31. The minimum absolute atomic E-state index is 0.0890. The van der Waals surface area contributed by atoms with Crippen LogP contribution in [-0.4, -0.2) is 47.4 Å². The number of fused-ring (bicyclic) bond motifs is 5. The van der Waals surface area contributed by atoms with Gasteiger partial charge in [-0.25, -0.2) is 4.98 Å². The number of alkyl halides is 3. The van der Waals surface area contributed by atoms with Crippen molar-refractivity contribution in [3.05, 3.63) is 40.9 Å². The molecule has 0 spiro atoms. The van der Waals surface area contributed by atoms with E-state index in [1.165, 1.54) is 24.9 Å². The van der Waals surface area contributed by atoms with E-state index >= 15 is 0 Å². The van der Waals surface area contributed by atoms with Crippen LogP contribution in [0.2, 0.25) is 0 Å². The number of benzene rings is 1. The summed E-state index contributed by atoms with van der Waals surface area (Å²) >= 11 is 0. The molecule has 1 aromatic carbocycles. The number of nitrogens with zero attached hydrogens (tertiary/aromatic N) is 2. The Morgan fingerprint density at radius 3 is 2.42 bits per heavy atom. The number of carbonyl (C=O) groups excluding carboxylic acids is 1. The molecule has 174 valence electrons. The minimum Gasteiger partial charge on any atom is -0.493 e. The van der Waals surface area contributed by atoms with E-state index in [1.54, 1.807) is 31.5 Å². The highest BCUT2D eigenvalue weighted by Crippen LogP contribution is 2.36. The molecule has 0 radical (unpaired) electrons. The van der Waals surface area contributed by atoms with Gasteiger partial charge >= 0.3 is 6.18 Å². The third kappa shape index (κ3) is 3.83. The number of hydrogen-bond donors (Lipinski definition) is 2. The molecule has 4 rings (SSSR count). The number of aromatic nitrogens is 3. The molecule has 11 heteroatoms. The zero-order chi connectivity index (χ0) is 23.9. The molecule has 2 N–H and O–H groups in total. The largest absolute Gasteiger partial charge is 0.493 e. The van der Waals surface area contributed by atoms with E-state index in [-0.39, 0.29) is 11.8 Å². The second-order valence-corrected chi connectivity index (χ2v) is 7.45. The molecule has 3 heterocycles. The summed E-state index contributed by atoms with van der Waals surface area (Å²) in [5.41, 5.74) is 0.321. The van der Waals surface area contributed by atoms with E-state index in [0.717, 1.165) is 0 Å². The fourth-order valence-corrected chi connectivity index (χ4v) is 4.05. The van der Waals surface area contributed by atoms with Crippen molar-refractivity contribution in [2.45, 2.75) is 25.6 Å². The van der Waals surface area contributed by atoms with Gasteiger partial charge in [-0.3, -0.25) is 14.2 Å². The number of ether oxygens (including phenoxy) is 2. The van der Waals surface area contributed by atoms with Gasteiger partial charge in [0.2, 0.25) is 5.91 Å². The third-order valence-corrected chi connectivity index (χ3v) is 5.53. The van der Waals surface area contributed by atoms with E-state index in [2.05, 4.69) is 9.97 Å². The van der Waals surface area contributed by atoms with Gasteiger partial charge in [-0.1, -0.05) is 6.92 Å². The van der Waals surface area contributed by atoms with Crippen molar-refractivity contribution in [1.29, 1.82) is 0 Å². The van der Waals surface area contributed by atoms with Crippen LogP contribution in [0.15, 0.2) is 35.4 Å². The quantitative estimate of drug-likeness (QED) is 0.426. The van der Waals surface area contributed by atoms with Crippen LogP contribution in [0.3, 0.4) is 0 Å². The maximum absolute atomic E-state index is 13.7. The highest BCUT2D eigenvalue weighted by molar-refractivity contribution is 6.14. The summed E-state index contributed by atoms with van der Waals surface area (Å²) in [4.78, 5) is 33.9. The average Bonchev–Trinajstić information content (AvgIpc) is 3.27. The number of halogens is 3. The average molecular weight is 462 g/mol. The SMILES string of the molecule is CCC(C(=O)NCC(F)(F)F)n1c(=O)c2cc(OC)c(OC)cc2c2cnc3[nH]ccc3c21. The van der Waals surface area contributed by atoms with Gasteiger partial charge in [-0.05, 0) is 24.6 Å². The van der Waals surface area contributed by atoms with Gasteiger partial charge in [0, 0.05) is 28.6 Å². The maximum Gasteiger partial charge on any atom is 0.405 e. The van der Waals surface area contributed by atoms with Gasteiger partial charge in [-0.2, -0.15) is 13.2 Å². The van der Waals surface area contributed by atoms with Gasteiger partial charge < -0.3 is 19.8 Å². The number of hydrogen-bond acceptors (Lipinski definition) is 5. The number of rotatable bonds is 6. The number of carbonyl (C=O) groups is 1. The van der Waals surface area contributed by atoms with Gasteiger partial charge in [0.25, 0.3) is 5.56 Å². The Labute approximate surface area is 185 Å². The second kappa shape index (κ2) is 8.30. The normalized spacial score (nSPS) is 12.9. The number of methoxy groups -OCH3 is 2. The number of pyridine rings is 2. The standard InChI is InChI=1S/C22H21F3N4O4/c1-4-15(20(30)28-10-22(23,24)25)29-18-11-5-6-26-19(11)27-9-14(18)12-7-16(32-2)17(33-3)8-13(12)21(29)31/h5-9,15H,4,10H2,1-3H3,(H,26,27)(H,28,30). The smallest absolute Gasteiger partial charge is 0.405 e. The lowest BCUT2D eigenvalue weighted by Crippen LogP contribution is -2.41. The van der Waals surface area contributed by atoms with Crippen LogP contribution in [0.1, 0.15) is 19.4 Å². The Bertz CT molecular complexity index is 1420. The monoisotopic (exact) mass is 462 g/mol. The lowest BCUT2D eigenvalue weighted by atomic mass is 10.0. The van der Waals surface area contributed by atoms with E-state index < -0.39 is 30.2 Å². The molecule has 0 bridgehead atoms. The van der Waals surface area contributed by atoms with Crippen LogP contribution < -0.4 is 20.3 Å². The molecule has 33 heavy (non-hydrogen) atoms. The van der Waals surface area contributed by atoms with Gasteiger partial charge in [0.15, 0.2) is 11.5 Å². The Kier molecular flexibility index (Phi) is 5.64. The predicted molar refractivity (Wildman–Crippen MR) is 117 cm³/mol. The molecule has 0 saturated carbocycles. The molecule has 0 aliphatic carbocycles. The summed E-state index contributed by atoms with van der Waals surface area (Å²) in [6.07, 6.45) is -1.30. The van der Waals surface area contributed by atoms with Gasteiger partial charge in [0.05, 0.1) is 25.1 Å². The Morgan fingerprint density at radius 1 is 1.15 bits per heavy atom. The molecule has 1 atom stereocenters. The molecular formula is C22H21F3N4O4. The first-order chi connectivity index (χ1) is 15.7. The van der Waals surface area contributed by atoms with E-state index in [1.807, 2.05) is 5.32 Å². The molecule has 1 unspecified atom stereocenters. The van der Waals surface area contributed by atoms with Gasteiger partial charge in [0.1, 0.15) is 18.2 Å². The van der Waals surface area contributed by atoms with Crippen LogP contribution in [-0.2, 0) is 4.79 Å². The second-order valence-electron chi connectivity index (χ2n) is 7.45. The molecule has 4 aromatic rings. The van der Waals surface area contributed by atoms with Crippen molar-refractivity contribution < 1.29 is 27.4 Å². The van der Waals surface area contributed by atoms with Crippen molar-refractivity contribution in [3.8, 4) is 11.5 Å². The molecule has 0 fully saturated rings. The number of amides is 1. The lowest BCUT2D eigenvalue weighted by molar-refractivity contribution is -0.140. The molecule has 0 saturated heterocycles. The van der Waals surface area contributed by atoms with Crippen molar-refractivity contribution in [3.63, 3.8) is 0 Å². The topological polar surface area (TPSA) is 98.2 Å². The summed E-state index contributed by atoms with van der Waals surface area (Å²) in [6, 6.07) is 3.66. The van der Waals surface area contributed by atoms with Crippen molar-refractivity contribution >= 4 is 38.6 Å². The van der Waals surface area contributed by atoms with E-state index in [9.17, 15) is 22.8 Å². The van der Waals surface area contributed by atoms with E-state index in [0.29, 0.717) is 38.8 Å². The number of nitrogens with one attached hydrogen (secondary N) is 2. The third-order valence-electron chi connectivity index (χ3n) is 5.53. The summed E-state index contributed by atoms with van der Waals surface area (Å²) in [6.45, 7) is 0.138. The Morgan fingerprint density at radius 2 is 1.82 bits per heavy atom. The van der Waals surface area contributed by atoms with Gasteiger partial charge in [-0.15, -0.1) is 0 Å². The first-order valence-corrected chi connectivity index (χ1v) is 10.1. The van der Waals surface area contributed by atoms with Crippen molar-refractivity contribution in [2.75, 3.05) is 20.8 Å². The first kappa shape index (κ1) is 22.4. The predicted octanol–water partition coefficient (Wildman–Crippen LogP) is 3.68. The van der Waals surface area contributed by atoms with Crippen LogP contribution in [0.5, 0.6) is 11.5 Å². The number of H-pyrrole nitrogens is 1. The van der Waals surface area contributed by atoms with Crippen LogP contribution in [0.4, 0.5) is 13.2 Å². The first-order valence-electron chi connectivity index (χ1n) is 10.1. The fourth-order valence-electron chi connectivity index (χ4n) is 4.05. The Balaban J connectivity index is 2.08. The molecule has 8 nitrogen and oxygen atoms in total. The van der Waals surface area contributed by atoms with Crippen molar-refractivity contribution in [1.82, 2.24) is 19.9 Å². The lowest BCUT2D eigenvalue weighted by Gasteiger charge is -2.22. The number of aromatic amines is 1. The minimum atomic E-state index is -4.58. The summed E-state index contributed by atoms with van der Waals surface area (Å²) in [5, 5.41) is 3.74. The van der Waals surface area contributed by atoms with Crippen molar-refractivity contribution in [2.24, 2.45) is 0 Å². The summed E-state index contributed by atoms with van der Waals surface area (Å²) < 4.78 is 50.1. The Hall–Kier alpha value is -3.76.